The van der Waals surface area contributed by atoms with Gasteiger partial charge in [-0.2, -0.15) is 0 Å². The Hall–Kier alpha value is -2.77. The maximum absolute atomic E-state index is 13.4. The van der Waals surface area contributed by atoms with Crippen LogP contribution >= 0.6 is 11.6 Å². The first-order chi connectivity index (χ1) is 17.3. The fourth-order valence-corrected chi connectivity index (χ4v) is 5.08. The first kappa shape index (κ1) is 26.3. The normalized spacial score (nSPS) is 20.8. The summed E-state index contributed by atoms with van der Waals surface area (Å²) in [6, 6.07) is 15.3. The molecule has 0 saturated carbocycles. The number of nitrogens with zero attached hydrogens (tertiary/aromatic N) is 3. The Morgan fingerprint density at radius 3 is 2.33 bits per heavy atom. The Balaban J connectivity index is 1.43. The number of aryl methyl sites for hydroxylation is 1. The van der Waals surface area contributed by atoms with E-state index in [-0.39, 0.29) is 18.4 Å². The SMILES string of the molecule is Cc1ccc(NCC(=O)N2CCC[C@@](COc3ccc(Cl)cc3)(CC(=O)N3CCN(C)CC3)C2)cc1. The van der Waals surface area contributed by atoms with Crippen molar-refractivity contribution >= 4 is 29.1 Å². The van der Waals surface area contributed by atoms with Gasteiger partial charge in [-0.15, -0.1) is 0 Å². The van der Waals surface area contributed by atoms with Crippen molar-refractivity contribution in [3.8, 4) is 5.75 Å². The van der Waals surface area contributed by atoms with Gasteiger partial charge >= 0.3 is 0 Å². The number of ether oxygens (including phenoxy) is 1. The molecule has 0 aliphatic carbocycles. The quantitative estimate of drug-likeness (QED) is 0.581. The first-order valence-corrected chi connectivity index (χ1v) is 13.1. The zero-order valence-electron chi connectivity index (χ0n) is 21.3. The van der Waals surface area contributed by atoms with Crippen molar-refractivity contribution in [3.63, 3.8) is 0 Å². The molecular weight excluding hydrogens is 476 g/mol. The monoisotopic (exact) mass is 512 g/mol. The van der Waals surface area contributed by atoms with E-state index < -0.39 is 5.41 Å². The highest BCUT2D eigenvalue weighted by Crippen LogP contribution is 2.35. The molecule has 2 amide bonds. The van der Waals surface area contributed by atoms with E-state index in [0.29, 0.717) is 31.1 Å². The third-order valence-corrected chi connectivity index (χ3v) is 7.50. The van der Waals surface area contributed by atoms with E-state index in [1.807, 2.05) is 53.1 Å². The summed E-state index contributed by atoms with van der Waals surface area (Å²) in [7, 11) is 2.08. The molecule has 0 spiro atoms. The lowest BCUT2D eigenvalue weighted by Gasteiger charge is -2.43. The number of anilines is 1. The van der Waals surface area contributed by atoms with Crippen molar-refractivity contribution in [1.29, 1.82) is 0 Å². The number of hydrogen-bond acceptors (Lipinski definition) is 5. The number of hydrogen-bond donors (Lipinski definition) is 1. The van der Waals surface area contributed by atoms with Crippen molar-refractivity contribution in [2.24, 2.45) is 5.41 Å². The Morgan fingerprint density at radius 1 is 0.944 bits per heavy atom. The predicted molar refractivity (Wildman–Crippen MR) is 144 cm³/mol. The van der Waals surface area contributed by atoms with Gasteiger partial charge in [0.15, 0.2) is 0 Å². The predicted octanol–water partition coefficient (Wildman–Crippen LogP) is 3.91. The molecule has 7 nitrogen and oxygen atoms in total. The lowest BCUT2D eigenvalue weighted by atomic mass is 9.77. The van der Waals surface area contributed by atoms with E-state index in [4.69, 9.17) is 16.3 Å². The summed E-state index contributed by atoms with van der Waals surface area (Å²) in [6.07, 6.45) is 2.06. The minimum Gasteiger partial charge on any atom is -0.493 e. The average molecular weight is 513 g/mol. The van der Waals surface area contributed by atoms with Gasteiger partial charge in [0.05, 0.1) is 13.2 Å². The van der Waals surface area contributed by atoms with E-state index in [2.05, 4.69) is 17.3 Å². The molecule has 0 aromatic heterocycles. The Morgan fingerprint density at radius 2 is 1.64 bits per heavy atom. The van der Waals surface area contributed by atoms with E-state index in [1.165, 1.54) is 5.56 Å². The smallest absolute Gasteiger partial charge is 0.241 e. The molecule has 1 atom stereocenters. The number of amides is 2. The number of benzene rings is 2. The second kappa shape index (κ2) is 12.0. The maximum Gasteiger partial charge on any atom is 0.241 e. The summed E-state index contributed by atoms with van der Waals surface area (Å²) in [5.74, 6) is 0.906. The number of likely N-dealkylation sites (N-methyl/N-ethyl adjacent to an activating group) is 1. The fourth-order valence-electron chi connectivity index (χ4n) is 4.95. The molecule has 2 aromatic rings. The number of likely N-dealkylation sites (tertiary alicyclic amines) is 1. The van der Waals surface area contributed by atoms with Crippen molar-refractivity contribution in [2.45, 2.75) is 26.2 Å². The number of rotatable bonds is 8. The molecule has 8 heteroatoms. The van der Waals surface area contributed by atoms with Gasteiger partial charge in [-0.1, -0.05) is 29.3 Å². The molecule has 2 aromatic carbocycles. The number of piperidine rings is 1. The molecule has 2 aliphatic heterocycles. The van der Waals surface area contributed by atoms with Crippen LogP contribution in [-0.2, 0) is 9.59 Å². The van der Waals surface area contributed by atoms with E-state index in [0.717, 1.165) is 50.5 Å². The van der Waals surface area contributed by atoms with Crippen LogP contribution < -0.4 is 10.1 Å². The Bertz CT molecular complexity index is 1020. The van der Waals surface area contributed by atoms with Gasteiger partial charge in [-0.05, 0) is 63.2 Å². The zero-order valence-corrected chi connectivity index (χ0v) is 22.1. The van der Waals surface area contributed by atoms with Crippen molar-refractivity contribution in [3.05, 3.63) is 59.1 Å². The highest BCUT2D eigenvalue weighted by molar-refractivity contribution is 6.30. The van der Waals surface area contributed by atoms with Gasteiger partial charge in [0.2, 0.25) is 11.8 Å². The molecule has 4 rings (SSSR count). The lowest BCUT2D eigenvalue weighted by Crippen LogP contribution is -2.53. The van der Waals surface area contributed by atoms with Gasteiger partial charge in [-0.25, -0.2) is 0 Å². The fraction of sp³-hybridized carbons (Fsp3) is 0.500. The molecule has 36 heavy (non-hydrogen) atoms. The second-order valence-electron chi connectivity index (χ2n) is 10.2. The number of halogens is 1. The largest absolute Gasteiger partial charge is 0.493 e. The minimum atomic E-state index is -0.433. The molecular formula is C28H37ClN4O3. The summed E-state index contributed by atoms with van der Waals surface area (Å²) in [4.78, 5) is 32.6. The average Bonchev–Trinajstić information content (AvgIpc) is 2.88. The number of carbonyl (C=O) groups excluding carboxylic acids is 2. The van der Waals surface area contributed by atoms with E-state index >= 15 is 0 Å². The van der Waals surface area contributed by atoms with Crippen LogP contribution in [0.15, 0.2) is 48.5 Å². The number of nitrogens with one attached hydrogen (secondary N) is 1. The highest BCUT2D eigenvalue weighted by Gasteiger charge is 2.41. The molecule has 0 unspecified atom stereocenters. The van der Waals surface area contributed by atoms with Gasteiger partial charge in [-0.3, -0.25) is 9.59 Å². The van der Waals surface area contributed by atoms with Crippen LogP contribution in [0.25, 0.3) is 0 Å². The molecule has 0 radical (unpaired) electrons. The molecule has 2 saturated heterocycles. The van der Waals surface area contributed by atoms with Crippen molar-refractivity contribution in [1.82, 2.24) is 14.7 Å². The summed E-state index contributed by atoms with van der Waals surface area (Å²) >= 11 is 6.03. The molecule has 0 bridgehead atoms. The van der Waals surface area contributed by atoms with Crippen molar-refractivity contribution < 1.29 is 14.3 Å². The van der Waals surface area contributed by atoms with E-state index in [1.54, 1.807) is 12.1 Å². The summed E-state index contributed by atoms with van der Waals surface area (Å²) < 4.78 is 6.19. The topological polar surface area (TPSA) is 65.1 Å². The van der Waals surface area contributed by atoms with Crippen molar-refractivity contribution in [2.75, 3.05) is 64.8 Å². The van der Waals surface area contributed by atoms with Gasteiger partial charge < -0.3 is 24.8 Å². The minimum absolute atomic E-state index is 0.0400. The summed E-state index contributed by atoms with van der Waals surface area (Å²) in [6.45, 7) is 7.10. The van der Waals surface area contributed by atoms with E-state index in [9.17, 15) is 9.59 Å². The molecule has 1 N–H and O–H groups in total. The van der Waals surface area contributed by atoms with Crippen LogP contribution in [0.3, 0.4) is 0 Å². The highest BCUT2D eigenvalue weighted by atomic mass is 35.5. The number of carbonyl (C=O) groups is 2. The standard InChI is InChI=1S/C28H37ClN4O3/c1-22-4-8-24(9-5-22)30-19-27(35)33-13-3-12-28(20-33,21-36-25-10-6-23(29)7-11-25)18-26(34)32-16-14-31(2)15-17-32/h4-11,30H,3,12-21H2,1-2H3/t28-/m1/s1. The molecule has 2 fully saturated rings. The van der Waals surface area contributed by atoms with Crippen LogP contribution in [0.1, 0.15) is 24.8 Å². The molecule has 2 aliphatic rings. The Labute approximate surface area is 219 Å². The molecule has 194 valence electrons. The van der Waals surface area contributed by atoms with Gasteiger partial charge in [0, 0.05) is 61.8 Å². The van der Waals surface area contributed by atoms with Gasteiger partial charge in [0.1, 0.15) is 5.75 Å². The second-order valence-corrected chi connectivity index (χ2v) is 10.7. The maximum atomic E-state index is 13.4. The first-order valence-electron chi connectivity index (χ1n) is 12.7. The third-order valence-electron chi connectivity index (χ3n) is 7.25. The van der Waals surface area contributed by atoms with Crippen LogP contribution in [0.2, 0.25) is 5.02 Å². The summed E-state index contributed by atoms with van der Waals surface area (Å²) in [5.41, 5.74) is 1.67. The number of piperazine rings is 1. The van der Waals surface area contributed by atoms with Crippen LogP contribution in [0.4, 0.5) is 5.69 Å². The summed E-state index contributed by atoms with van der Waals surface area (Å²) in [5, 5.41) is 3.89. The lowest BCUT2D eigenvalue weighted by molar-refractivity contribution is -0.141. The van der Waals surface area contributed by atoms with Crippen LogP contribution in [0.5, 0.6) is 5.75 Å². The third kappa shape index (κ3) is 7.14. The zero-order chi connectivity index (χ0) is 25.5. The van der Waals surface area contributed by atoms with Crippen LogP contribution in [0, 0.1) is 12.3 Å². The molecule has 2 heterocycles. The Kier molecular flexibility index (Phi) is 8.75. The van der Waals surface area contributed by atoms with Gasteiger partial charge in [0.25, 0.3) is 0 Å². The van der Waals surface area contributed by atoms with Crippen LogP contribution in [-0.4, -0.2) is 86.0 Å².